The zero-order valence-electron chi connectivity index (χ0n) is 16.9. The molecule has 3 aromatic rings. The van der Waals surface area contributed by atoms with Crippen LogP contribution in [0.4, 0.5) is 5.69 Å². The first-order valence-electron chi connectivity index (χ1n) is 9.11. The number of hydrogen-bond acceptors (Lipinski definition) is 6. The summed E-state index contributed by atoms with van der Waals surface area (Å²) >= 11 is 13.3. The van der Waals surface area contributed by atoms with Crippen LogP contribution in [0.2, 0.25) is 10.0 Å². The van der Waals surface area contributed by atoms with Crippen LogP contribution in [0.1, 0.15) is 0 Å². The Balaban J connectivity index is 1.78. The molecule has 0 aliphatic rings. The van der Waals surface area contributed by atoms with E-state index in [2.05, 4.69) is 22.1 Å². The van der Waals surface area contributed by atoms with Crippen LogP contribution < -0.4 is 14.8 Å². The predicted octanol–water partition coefficient (Wildman–Crippen LogP) is 5.19. The van der Waals surface area contributed by atoms with Gasteiger partial charge >= 0.3 is 0 Å². The van der Waals surface area contributed by atoms with Crippen LogP contribution in [0.5, 0.6) is 11.5 Å². The number of nitrogens with zero attached hydrogens (tertiary/aromatic N) is 3. The van der Waals surface area contributed by atoms with Crippen molar-refractivity contribution >= 4 is 46.6 Å². The van der Waals surface area contributed by atoms with Crippen LogP contribution in [-0.2, 0) is 11.3 Å². The lowest BCUT2D eigenvalue weighted by Crippen LogP contribution is -2.15. The Morgan fingerprint density at radius 2 is 1.94 bits per heavy atom. The molecule has 0 radical (unpaired) electrons. The maximum Gasteiger partial charge on any atom is 0.234 e. The molecule has 31 heavy (non-hydrogen) atoms. The molecule has 0 saturated heterocycles. The summed E-state index contributed by atoms with van der Waals surface area (Å²) in [6.45, 7) is 4.28. The summed E-state index contributed by atoms with van der Waals surface area (Å²) in [6, 6.07) is 10.4. The molecule has 0 unspecified atom stereocenters. The first-order chi connectivity index (χ1) is 15.0. The molecule has 0 spiro atoms. The topological polar surface area (TPSA) is 78.3 Å². The highest BCUT2D eigenvalue weighted by molar-refractivity contribution is 7.99. The number of methoxy groups -OCH3 is 2. The Morgan fingerprint density at radius 3 is 2.65 bits per heavy atom. The number of allylic oxidation sites excluding steroid dienone is 1. The van der Waals surface area contributed by atoms with Crippen molar-refractivity contribution in [1.29, 1.82) is 0 Å². The highest BCUT2D eigenvalue weighted by Gasteiger charge is 2.17. The van der Waals surface area contributed by atoms with Crippen molar-refractivity contribution in [2.24, 2.45) is 0 Å². The van der Waals surface area contributed by atoms with Crippen LogP contribution in [0.25, 0.3) is 11.4 Å². The molecule has 0 fully saturated rings. The number of nitrogens with one attached hydrogen (secondary N) is 1. The standard InChI is InChI=1S/C21H20Cl2N4O3S/c1-4-9-27-20(13-5-8-17(29-2)18(10-13)30-3)25-26-21(27)31-12-19(28)24-16-11-14(22)6-7-15(16)23/h4-8,10-11H,1,9,12H2,2-3H3,(H,24,28). The molecule has 1 heterocycles. The van der Waals surface area contributed by atoms with Gasteiger partial charge in [-0.2, -0.15) is 0 Å². The average Bonchev–Trinajstić information content (AvgIpc) is 3.17. The normalized spacial score (nSPS) is 10.6. The molecule has 1 aromatic heterocycles. The number of carbonyl (C=O) groups excluding carboxylic acids is 1. The van der Waals surface area contributed by atoms with Crippen LogP contribution in [0.3, 0.4) is 0 Å². The second-order valence-electron chi connectivity index (χ2n) is 6.24. The van der Waals surface area contributed by atoms with Crippen LogP contribution in [0.15, 0.2) is 54.2 Å². The van der Waals surface area contributed by atoms with E-state index in [9.17, 15) is 4.79 Å². The van der Waals surface area contributed by atoms with E-state index in [0.717, 1.165) is 5.56 Å². The number of benzene rings is 2. The summed E-state index contributed by atoms with van der Waals surface area (Å²) in [5, 5.41) is 12.8. The average molecular weight is 479 g/mol. The second-order valence-corrected chi connectivity index (χ2v) is 8.02. The van der Waals surface area contributed by atoms with Gasteiger partial charge in [0.1, 0.15) is 0 Å². The van der Waals surface area contributed by atoms with Gasteiger partial charge in [-0.05, 0) is 36.4 Å². The van der Waals surface area contributed by atoms with Crippen molar-refractivity contribution < 1.29 is 14.3 Å². The number of carbonyl (C=O) groups is 1. The minimum atomic E-state index is -0.241. The van der Waals surface area contributed by atoms with Crippen LogP contribution >= 0.6 is 35.0 Å². The zero-order valence-corrected chi connectivity index (χ0v) is 19.2. The van der Waals surface area contributed by atoms with Gasteiger partial charge in [-0.3, -0.25) is 9.36 Å². The van der Waals surface area contributed by atoms with E-state index in [-0.39, 0.29) is 11.7 Å². The van der Waals surface area contributed by atoms with Gasteiger partial charge in [0, 0.05) is 17.1 Å². The molecule has 3 rings (SSSR count). The largest absolute Gasteiger partial charge is 0.493 e. The number of anilines is 1. The molecular weight excluding hydrogens is 459 g/mol. The van der Waals surface area contributed by atoms with Gasteiger partial charge in [0.25, 0.3) is 0 Å². The van der Waals surface area contributed by atoms with Crippen molar-refractivity contribution in [2.45, 2.75) is 11.7 Å². The van der Waals surface area contributed by atoms with Crippen molar-refractivity contribution in [2.75, 3.05) is 25.3 Å². The summed E-state index contributed by atoms with van der Waals surface area (Å²) in [6.07, 6.45) is 1.74. The van der Waals surface area contributed by atoms with Crippen LogP contribution in [0, 0.1) is 0 Å². The SMILES string of the molecule is C=CCn1c(SCC(=O)Nc2cc(Cl)ccc2Cl)nnc1-c1ccc(OC)c(OC)c1. The van der Waals surface area contributed by atoms with E-state index in [1.807, 2.05) is 16.7 Å². The molecule has 1 amide bonds. The Morgan fingerprint density at radius 1 is 1.16 bits per heavy atom. The number of amides is 1. The highest BCUT2D eigenvalue weighted by Crippen LogP contribution is 2.33. The Bertz CT molecular complexity index is 1100. The fourth-order valence-corrected chi connectivity index (χ4v) is 3.87. The van der Waals surface area contributed by atoms with E-state index < -0.39 is 0 Å². The van der Waals surface area contributed by atoms with Gasteiger partial charge in [-0.15, -0.1) is 16.8 Å². The smallest absolute Gasteiger partial charge is 0.234 e. The molecule has 2 aromatic carbocycles. The number of aromatic nitrogens is 3. The van der Waals surface area contributed by atoms with Gasteiger partial charge in [-0.1, -0.05) is 41.0 Å². The van der Waals surface area contributed by atoms with Crippen molar-refractivity contribution in [3.8, 4) is 22.9 Å². The Kier molecular flexibility index (Phi) is 7.84. The minimum Gasteiger partial charge on any atom is -0.493 e. The summed E-state index contributed by atoms with van der Waals surface area (Å²) < 4.78 is 12.5. The van der Waals surface area contributed by atoms with Gasteiger partial charge in [-0.25, -0.2) is 0 Å². The highest BCUT2D eigenvalue weighted by atomic mass is 35.5. The van der Waals surface area contributed by atoms with E-state index in [1.165, 1.54) is 11.8 Å². The van der Waals surface area contributed by atoms with Gasteiger partial charge in [0.05, 0.1) is 30.7 Å². The first-order valence-corrected chi connectivity index (χ1v) is 10.8. The minimum absolute atomic E-state index is 0.115. The fraction of sp³-hybridized carbons (Fsp3) is 0.190. The van der Waals surface area contributed by atoms with Crippen molar-refractivity contribution in [3.05, 3.63) is 59.1 Å². The lowest BCUT2D eigenvalue weighted by atomic mass is 10.2. The molecule has 10 heteroatoms. The number of hydrogen-bond donors (Lipinski definition) is 1. The number of ether oxygens (including phenoxy) is 2. The third-order valence-corrected chi connectivity index (χ3v) is 5.74. The summed E-state index contributed by atoms with van der Waals surface area (Å²) in [7, 11) is 3.15. The van der Waals surface area contributed by atoms with E-state index >= 15 is 0 Å². The molecular formula is C21H20Cl2N4O3S. The number of halogens is 2. The van der Waals surface area contributed by atoms with E-state index in [0.29, 0.717) is 44.8 Å². The monoisotopic (exact) mass is 478 g/mol. The molecule has 162 valence electrons. The third kappa shape index (κ3) is 5.52. The fourth-order valence-electron chi connectivity index (χ4n) is 2.79. The zero-order chi connectivity index (χ0) is 22.4. The van der Waals surface area contributed by atoms with Gasteiger partial charge in [0.2, 0.25) is 5.91 Å². The molecule has 0 aliphatic carbocycles. The predicted molar refractivity (Wildman–Crippen MR) is 125 cm³/mol. The third-order valence-electron chi connectivity index (χ3n) is 4.21. The maximum absolute atomic E-state index is 12.4. The summed E-state index contributed by atoms with van der Waals surface area (Å²) in [4.78, 5) is 12.4. The Labute approximate surface area is 194 Å². The van der Waals surface area contributed by atoms with E-state index in [1.54, 1.807) is 44.6 Å². The lowest BCUT2D eigenvalue weighted by molar-refractivity contribution is -0.113. The number of thioether (sulfide) groups is 1. The van der Waals surface area contributed by atoms with Gasteiger partial charge < -0.3 is 14.8 Å². The first kappa shape index (κ1) is 23.0. The maximum atomic E-state index is 12.4. The molecule has 7 nitrogen and oxygen atoms in total. The molecule has 1 N–H and O–H groups in total. The van der Waals surface area contributed by atoms with Crippen molar-refractivity contribution in [1.82, 2.24) is 14.8 Å². The van der Waals surface area contributed by atoms with Gasteiger partial charge in [0.15, 0.2) is 22.5 Å². The molecule has 0 saturated carbocycles. The quantitative estimate of drug-likeness (QED) is 0.336. The number of rotatable bonds is 9. The summed E-state index contributed by atoms with van der Waals surface area (Å²) in [5.74, 6) is 1.70. The van der Waals surface area contributed by atoms with Crippen molar-refractivity contribution in [3.63, 3.8) is 0 Å². The molecule has 0 aliphatic heterocycles. The van der Waals surface area contributed by atoms with Crippen LogP contribution in [-0.4, -0.2) is 40.6 Å². The summed E-state index contributed by atoms with van der Waals surface area (Å²) in [5.41, 5.74) is 1.26. The molecule has 0 bridgehead atoms. The van der Waals surface area contributed by atoms with E-state index in [4.69, 9.17) is 32.7 Å². The molecule has 0 atom stereocenters. The second kappa shape index (κ2) is 10.6. The Hall–Kier alpha value is -2.68. The lowest BCUT2D eigenvalue weighted by Gasteiger charge is -2.11.